The standard InChI is InChI=1S/C11H8BrClN2O4S2/c12-11-4-2-8(20-11)6-14-21(18,19)10-5-7(15(16)17)1-3-9(10)13/h1-5,14H,6H2. The summed E-state index contributed by atoms with van der Waals surface area (Å²) >= 11 is 10.5. The molecule has 6 nitrogen and oxygen atoms in total. The lowest BCUT2D eigenvalue weighted by molar-refractivity contribution is -0.385. The highest BCUT2D eigenvalue weighted by Crippen LogP contribution is 2.27. The summed E-state index contributed by atoms with van der Waals surface area (Å²) in [6.45, 7) is 0.0810. The van der Waals surface area contributed by atoms with Crippen molar-refractivity contribution in [3.05, 3.63) is 54.1 Å². The van der Waals surface area contributed by atoms with E-state index in [1.54, 1.807) is 12.1 Å². The van der Waals surface area contributed by atoms with Gasteiger partial charge < -0.3 is 0 Å². The van der Waals surface area contributed by atoms with Gasteiger partial charge in [-0.25, -0.2) is 13.1 Å². The summed E-state index contributed by atoms with van der Waals surface area (Å²) in [4.78, 5) is 10.5. The van der Waals surface area contributed by atoms with Crippen LogP contribution in [0.5, 0.6) is 0 Å². The lowest BCUT2D eigenvalue weighted by Crippen LogP contribution is -2.23. The summed E-state index contributed by atoms with van der Waals surface area (Å²) < 4.78 is 27.6. The highest BCUT2D eigenvalue weighted by Gasteiger charge is 2.21. The summed E-state index contributed by atoms with van der Waals surface area (Å²) in [6, 6.07) is 6.85. The maximum atomic E-state index is 12.2. The molecule has 0 saturated heterocycles. The van der Waals surface area contributed by atoms with Gasteiger partial charge in [0.25, 0.3) is 5.69 Å². The third kappa shape index (κ3) is 4.01. The van der Waals surface area contributed by atoms with Crippen LogP contribution < -0.4 is 4.72 Å². The summed E-state index contributed by atoms with van der Waals surface area (Å²) in [6.07, 6.45) is 0. The number of benzene rings is 1. The van der Waals surface area contributed by atoms with E-state index >= 15 is 0 Å². The zero-order valence-corrected chi connectivity index (χ0v) is 14.2. The van der Waals surface area contributed by atoms with Crippen molar-refractivity contribution >= 4 is 54.6 Å². The number of nitrogens with one attached hydrogen (secondary N) is 1. The second-order valence-corrected chi connectivity index (χ2v) is 8.59. The Labute approximate surface area is 138 Å². The number of hydrogen-bond acceptors (Lipinski definition) is 5. The molecule has 1 aromatic carbocycles. The number of thiophene rings is 1. The van der Waals surface area contributed by atoms with E-state index in [2.05, 4.69) is 20.7 Å². The van der Waals surface area contributed by atoms with Crippen molar-refractivity contribution in [1.29, 1.82) is 0 Å². The molecule has 21 heavy (non-hydrogen) atoms. The molecule has 0 radical (unpaired) electrons. The number of halogens is 2. The Morgan fingerprint density at radius 1 is 1.33 bits per heavy atom. The van der Waals surface area contributed by atoms with Gasteiger partial charge in [0.1, 0.15) is 4.90 Å². The van der Waals surface area contributed by atoms with Gasteiger partial charge in [-0.3, -0.25) is 10.1 Å². The molecule has 1 heterocycles. The molecule has 0 aliphatic rings. The molecule has 0 aliphatic carbocycles. The summed E-state index contributed by atoms with van der Waals surface area (Å²) in [5, 5.41) is 10.6. The Bertz CT molecular complexity index is 791. The Balaban J connectivity index is 2.26. The van der Waals surface area contributed by atoms with Gasteiger partial charge in [0.2, 0.25) is 10.0 Å². The number of nitro groups is 1. The maximum absolute atomic E-state index is 12.2. The van der Waals surface area contributed by atoms with E-state index in [4.69, 9.17) is 11.6 Å². The van der Waals surface area contributed by atoms with E-state index in [0.717, 1.165) is 20.8 Å². The van der Waals surface area contributed by atoms with Crippen LogP contribution in [0.4, 0.5) is 5.69 Å². The van der Waals surface area contributed by atoms with Crippen LogP contribution in [0.2, 0.25) is 5.02 Å². The Morgan fingerprint density at radius 2 is 2.05 bits per heavy atom. The van der Waals surface area contributed by atoms with Crippen molar-refractivity contribution in [1.82, 2.24) is 4.72 Å². The molecule has 0 fully saturated rings. The van der Waals surface area contributed by atoms with Crippen LogP contribution in [0.3, 0.4) is 0 Å². The van der Waals surface area contributed by atoms with E-state index in [0.29, 0.717) is 0 Å². The first-order chi connectivity index (χ1) is 9.79. The molecule has 0 unspecified atom stereocenters. The lowest BCUT2D eigenvalue weighted by atomic mass is 10.3. The predicted molar refractivity (Wildman–Crippen MR) is 84.2 cm³/mol. The average molecular weight is 412 g/mol. The molecule has 2 rings (SSSR count). The minimum atomic E-state index is -3.93. The number of rotatable bonds is 5. The minimum absolute atomic E-state index is 0.0690. The molecular weight excluding hydrogens is 404 g/mol. The van der Waals surface area contributed by atoms with E-state index in [1.165, 1.54) is 17.4 Å². The molecule has 10 heteroatoms. The SMILES string of the molecule is O=[N+]([O-])c1ccc(Cl)c(S(=O)(=O)NCc2ccc(Br)s2)c1. The number of hydrogen-bond donors (Lipinski definition) is 1. The zero-order valence-electron chi connectivity index (χ0n) is 10.2. The first-order valence-electron chi connectivity index (χ1n) is 5.47. The Morgan fingerprint density at radius 3 is 2.62 bits per heavy atom. The summed E-state index contributed by atoms with van der Waals surface area (Å²) in [5.41, 5.74) is -0.335. The van der Waals surface area contributed by atoms with Crippen LogP contribution in [0, 0.1) is 10.1 Å². The van der Waals surface area contributed by atoms with Crippen LogP contribution >= 0.6 is 38.9 Å². The predicted octanol–water partition coefficient (Wildman–Crippen LogP) is 3.55. The van der Waals surface area contributed by atoms with Gasteiger partial charge >= 0.3 is 0 Å². The molecule has 112 valence electrons. The van der Waals surface area contributed by atoms with Crippen molar-refractivity contribution in [2.24, 2.45) is 0 Å². The smallest absolute Gasteiger partial charge is 0.258 e. The minimum Gasteiger partial charge on any atom is -0.258 e. The molecule has 0 bridgehead atoms. The molecule has 0 aliphatic heterocycles. The number of non-ortho nitro benzene ring substituents is 1. The quantitative estimate of drug-likeness (QED) is 0.602. The normalized spacial score (nSPS) is 11.5. The third-order valence-electron chi connectivity index (χ3n) is 2.48. The van der Waals surface area contributed by atoms with Gasteiger partial charge in [-0.05, 0) is 34.1 Å². The van der Waals surface area contributed by atoms with Gasteiger partial charge in [0.05, 0.1) is 13.7 Å². The fourth-order valence-electron chi connectivity index (χ4n) is 1.50. The lowest BCUT2D eigenvalue weighted by Gasteiger charge is -2.07. The Hall–Kier alpha value is -1.000. The molecular formula is C11H8BrClN2O4S2. The average Bonchev–Trinajstić information content (AvgIpc) is 2.82. The summed E-state index contributed by atoms with van der Waals surface area (Å²) in [5.74, 6) is 0. The maximum Gasteiger partial charge on any atom is 0.270 e. The first-order valence-corrected chi connectivity index (χ1v) is 8.94. The molecule has 1 N–H and O–H groups in total. The molecule has 1 aromatic heterocycles. The molecule has 0 spiro atoms. The molecule has 2 aromatic rings. The highest BCUT2D eigenvalue weighted by molar-refractivity contribution is 9.11. The second kappa shape index (κ2) is 6.41. The van der Waals surface area contributed by atoms with Gasteiger partial charge in [0, 0.05) is 23.6 Å². The van der Waals surface area contributed by atoms with Crippen molar-refractivity contribution < 1.29 is 13.3 Å². The highest BCUT2D eigenvalue weighted by atomic mass is 79.9. The summed E-state index contributed by atoms with van der Waals surface area (Å²) in [7, 11) is -3.93. The van der Waals surface area contributed by atoms with Gasteiger partial charge in [-0.1, -0.05) is 11.6 Å². The van der Waals surface area contributed by atoms with Crippen molar-refractivity contribution in [3.63, 3.8) is 0 Å². The van der Waals surface area contributed by atoms with E-state index < -0.39 is 14.9 Å². The number of nitro benzene ring substituents is 1. The van der Waals surface area contributed by atoms with Gasteiger partial charge in [-0.15, -0.1) is 11.3 Å². The van der Waals surface area contributed by atoms with Crippen molar-refractivity contribution in [3.8, 4) is 0 Å². The topological polar surface area (TPSA) is 89.3 Å². The zero-order chi connectivity index (χ0) is 15.6. The van der Waals surface area contributed by atoms with Crippen LogP contribution in [0.1, 0.15) is 4.88 Å². The Kier molecular flexibility index (Phi) is 4.99. The van der Waals surface area contributed by atoms with E-state index in [1.807, 2.05) is 0 Å². The van der Waals surface area contributed by atoms with Crippen LogP contribution in [0.15, 0.2) is 39.0 Å². The fraction of sp³-hybridized carbons (Fsp3) is 0.0909. The first kappa shape index (κ1) is 16.4. The van der Waals surface area contributed by atoms with E-state index in [9.17, 15) is 18.5 Å². The van der Waals surface area contributed by atoms with Crippen molar-refractivity contribution in [2.45, 2.75) is 11.4 Å². The largest absolute Gasteiger partial charge is 0.270 e. The van der Waals surface area contributed by atoms with E-state index in [-0.39, 0.29) is 22.2 Å². The molecule has 0 saturated carbocycles. The van der Waals surface area contributed by atoms with Crippen LogP contribution in [-0.4, -0.2) is 13.3 Å². The second-order valence-electron chi connectivity index (χ2n) is 3.90. The fourth-order valence-corrected chi connectivity index (χ4v) is 4.54. The molecule has 0 atom stereocenters. The van der Waals surface area contributed by atoms with Gasteiger partial charge in [-0.2, -0.15) is 0 Å². The number of nitrogens with zero attached hydrogens (tertiary/aromatic N) is 1. The number of sulfonamides is 1. The van der Waals surface area contributed by atoms with Gasteiger partial charge in [0.15, 0.2) is 0 Å². The van der Waals surface area contributed by atoms with Crippen LogP contribution in [0.25, 0.3) is 0 Å². The monoisotopic (exact) mass is 410 g/mol. The third-order valence-corrected chi connectivity index (χ3v) is 5.99. The molecule has 0 amide bonds. The van der Waals surface area contributed by atoms with Crippen LogP contribution in [-0.2, 0) is 16.6 Å². The van der Waals surface area contributed by atoms with Crippen molar-refractivity contribution in [2.75, 3.05) is 0 Å².